The van der Waals surface area contributed by atoms with Crippen molar-refractivity contribution in [3.05, 3.63) is 23.9 Å². The van der Waals surface area contributed by atoms with E-state index in [9.17, 15) is 4.79 Å². The van der Waals surface area contributed by atoms with Gasteiger partial charge < -0.3 is 4.74 Å². The molecule has 1 unspecified atom stereocenters. The number of anilines is 1. The van der Waals surface area contributed by atoms with Gasteiger partial charge in [0, 0.05) is 18.3 Å². The number of rotatable bonds is 3. The Morgan fingerprint density at radius 1 is 1.39 bits per heavy atom. The largest absolute Gasteiger partial charge is 0.443 e. The van der Waals surface area contributed by atoms with Crippen LogP contribution in [0, 0.1) is 0 Å². The molecule has 0 bridgehead atoms. The van der Waals surface area contributed by atoms with Gasteiger partial charge in [0.05, 0.1) is 0 Å². The fourth-order valence-corrected chi connectivity index (χ4v) is 2.95. The third-order valence-electron chi connectivity index (χ3n) is 4.03. The second-order valence-corrected chi connectivity index (χ2v) is 7.53. The fourth-order valence-electron chi connectivity index (χ4n) is 2.95. The number of hydrogen-bond acceptors (Lipinski definition) is 4. The summed E-state index contributed by atoms with van der Waals surface area (Å²) in [6.45, 7) is 10.7. The van der Waals surface area contributed by atoms with Gasteiger partial charge in [-0.15, -0.1) is 0 Å². The minimum Gasteiger partial charge on any atom is -0.443 e. The zero-order valence-corrected chi connectivity index (χ0v) is 15.2. The van der Waals surface area contributed by atoms with Crippen molar-refractivity contribution >= 4 is 11.9 Å². The van der Waals surface area contributed by atoms with Crippen LogP contribution in [0.1, 0.15) is 59.1 Å². The van der Waals surface area contributed by atoms with Crippen LogP contribution in [0.15, 0.2) is 18.3 Å². The van der Waals surface area contributed by atoms with Gasteiger partial charge in [-0.2, -0.15) is 0 Å². The zero-order chi connectivity index (χ0) is 17.2. The maximum absolute atomic E-state index is 12.4. The molecule has 2 heterocycles. The van der Waals surface area contributed by atoms with Crippen LogP contribution in [-0.4, -0.2) is 41.2 Å². The number of carbonyl (C=O) groups is 1. The number of hydrogen-bond donors (Lipinski definition) is 0. The summed E-state index contributed by atoms with van der Waals surface area (Å²) in [6.07, 6.45) is 3.92. The minimum absolute atomic E-state index is 0.0163. The predicted molar refractivity (Wildman–Crippen MR) is 92.7 cm³/mol. The van der Waals surface area contributed by atoms with Crippen LogP contribution in [0.2, 0.25) is 0 Å². The van der Waals surface area contributed by atoms with E-state index < -0.39 is 5.60 Å². The molecule has 1 aliphatic rings. The molecule has 1 saturated heterocycles. The Bertz CT molecular complexity index is 534. The van der Waals surface area contributed by atoms with E-state index in [-0.39, 0.29) is 12.1 Å². The molecule has 2 rings (SSSR count). The van der Waals surface area contributed by atoms with Crippen LogP contribution < -0.4 is 4.90 Å². The van der Waals surface area contributed by atoms with Crippen molar-refractivity contribution < 1.29 is 9.53 Å². The third-order valence-corrected chi connectivity index (χ3v) is 4.03. The molecule has 1 aromatic heterocycles. The van der Waals surface area contributed by atoms with E-state index in [0.717, 1.165) is 13.0 Å². The van der Waals surface area contributed by atoms with Crippen molar-refractivity contribution in [3.8, 4) is 0 Å². The van der Waals surface area contributed by atoms with Crippen LogP contribution in [0.3, 0.4) is 0 Å². The smallest absolute Gasteiger partial charge is 0.416 e. The molecule has 128 valence electrons. The summed E-state index contributed by atoms with van der Waals surface area (Å²) in [4.78, 5) is 20.9. The lowest BCUT2D eigenvalue weighted by Crippen LogP contribution is -2.41. The monoisotopic (exact) mass is 319 g/mol. The van der Waals surface area contributed by atoms with Crippen LogP contribution in [0.5, 0.6) is 0 Å². The molecule has 23 heavy (non-hydrogen) atoms. The van der Waals surface area contributed by atoms with Crippen molar-refractivity contribution in [1.82, 2.24) is 9.88 Å². The molecule has 0 aliphatic carbocycles. The Balaban J connectivity index is 2.18. The van der Waals surface area contributed by atoms with E-state index in [2.05, 4.69) is 23.0 Å². The van der Waals surface area contributed by atoms with Crippen molar-refractivity contribution in [1.29, 1.82) is 0 Å². The first-order valence-electron chi connectivity index (χ1n) is 8.37. The maximum Gasteiger partial charge on any atom is 0.416 e. The highest BCUT2D eigenvalue weighted by atomic mass is 16.6. The molecular formula is C18H29N3O2. The Labute approximate surface area is 139 Å². The molecule has 1 atom stereocenters. The molecule has 0 radical (unpaired) electrons. The highest BCUT2D eigenvalue weighted by Crippen LogP contribution is 2.30. The fraction of sp³-hybridized carbons (Fsp3) is 0.667. The summed E-state index contributed by atoms with van der Waals surface area (Å²) in [5.74, 6) is 0.638. The van der Waals surface area contributed by atoms with Gasteiger partial charge in [0.15, 0.2) is 0 Å². The van der Waals surface area contributed by atoms with Crippen LogP contribution in [0.4, 0.5) is 10.6 Å². The maximum atomic E-state index is 12.4. The van der Waals surface area contributed by atoms with Gasteiger partial charge in [0.1, 0.15) is 11.4 Å². The van der Waals surface area contributed by atoms with Crippen molar-refractivity contribution in [2.75, 3.05) is 18.5 Å². The van der Waals surface area contributed by atoms with Crippen molar-refractivity contribution in [2.45, 2.75) is 65.1 Å². The first kappa shape index (κ1) is 17.7. The van der Waals surface area contributed by atoms with E-state index in [4.69, 9.17) is 4.74 Å². The standard InChI is InChI=1S/C18H29N3O2/c1-13(2)21(17(22)23-18(3,4)5)16-10-9-14(12-19-16)15-8-7-11-20(15)6/h9-10,12-13,15H,7-8,11H2,1-6H3. The molecule has 0 aromatic carbocycles. The Hall–Kier alpha value is -1.62. The van der Waals surface area contributed by atoms with Gasteiger partial charge in [-0.05, 0) is 72.7 Å². The lowest BCUT2D eigenvalue weighted by atomic mass is 10.1. The molecule has 1 fully saturated rings. The van der Waals surface area contributed by atoms with Gasteiger partial charge in [-0.3, -0.25) is 9.80 Å². The van der Waals surface area contributed by atoms with Gasteiger partial charge in [0.2, 0.25) is 0 Å². The second-order valence-electron chi connectivity index (χ2n) is 7.53. The predicted octanol–water partition coefficient (Wildman–Crippen LogP) is 4.00. The van der Waals surface area contributed by atoms with Crippen molar-refractivity contribution in [3.63, 3.8) is 0 Å². The first-order chi connectivity index (χ1) is 10.7. The molecule has 0 N–H and O–H groups in total. The normalized spacial score (nSPS) is 19.2. The molecule has 0 spiro atoms. The number of amides is 1. The molecule has 1 amide bonds. The molecule has 1 aliphatic heterocycles. The Morgan fingerprint density at radius 3 is 2.52 bits per heavy atom. The van der Waals surface area contributed by atoms with E-state index >= 15 is 0 Å². The number of carbonyl (C=O) groups excluding carboxylic acids is 1. The SMILES string of the molecule is CC(C)N(C(=O)OC(C)(C)C)c1ccc(C2CCCN2C)cn1. The molecule has 5 nitrogen and oxygen atoms in total. The van der Waals surface area contributed by atoms with Gasteiger partial charge in [0.25, 0.3) is 0 Å². The Kier molecular flexibility index (Phi) is 5.30. The number of pyridine rings is 1. The number of ether oxygens (including phenoxy) is 1. The van der Waals surface area contributed by atoms with E-state index in [1.807, 2.05) is 46.9 Å². The third kappa shape index (κ3) is 4.44. The zero-order valence-electron chi connectivity index (χ0n) is 15.2. The Morgan fingerprint density at radius 2 is 2.09 bits per heavy atom. The van der Waals surface area contributed by atoms with Gasteiger partial charge in [-0.1, -0.05) is 6.07 Å². The number of aromatic nitrogens is 1. The minimum atomic E-state index is -0.517. The van der Waals surface area contributed by atoms with E-state index in [0.29, 0.717) is 11.9 Å². The van der Waals surface area contributed by atoms with E-state index in [1.54, 1.807) is 4.90 Å². The second kappa shape index (κ2) is 6.87. The number of nitrogens with zero attached hydrogens (tertiary/aromatic N) is 3. The number of likely N-dealkylation sites (tertiary alicyclic amines) is 1. The molecular weight excluding hydrogens is 290 g/mol. The topological polar surface area (TPSA) is 45.7 Å². The lowest BCUT2D eigenvalue weighted by molar-refractivity contribution is 0.0569. The summed E-state index contributed by atoms with van der Waals surface area (Å²) >= 11 is 0. The van der Waals surface area contributed by atoms with Crippen LogP contribution in [0.25, 0.3) is 0 Å². The molecule has 1 aromatic rings. The van der Waals surface area contributed by atoms with Gasteiger partial charge >= 0.3 is 6.09 Å². The van der Waals surface area contributed by atoms with Crippen LogP contribution in [-0.2, 0) is 4.74 Å². The average Bonchev–Trinajstić information content (AvgIpc) is 2.83. The molecule has 0 saturated carbocycles. The summed E-state index contributed by atoms with van der Waals surface area (Å²) in [6, 6.07) is 4.42. The highest BCUT2D eigenvalue weighted by Gasteiger charge is 2.27. The summed E-state index contributed by atoms with van der Waals surface area (Å²) < 4.78 is 5.50. The molecule has 5 heteroatoms. The summed E-state index contributed by atoms with van der Waals surface area (Å²) in [5.41, 5.74) is 0.693. The first-order valence-corrected chi connectivity index (χ1v) is 8.37. The van der Waals surface area contributed by atoms with Crippen LogP contribution >= 0.6 is 0 Å². The summed E-state index contributed by atoms with van der Waals surface area (Å²) in [5, 5.41) is 0. The van der Waals surface area contributed by atoms with Gasteiger partial charge in [-0.25, -0.2) is 9.78 Å². The average molecular weight is 319 g/mol. The lowest BCUT2D eigenvalue weighted by Gasteiger charge is -2.29. The quantitative estimate of drug-likeness (QED) is 0.845. The summed E-state index contributed by atoms with van der Waals surface area (Å²) in [7, 11) is 2.15. The van der Waals surface area contributed by atoms with E-state index in [1.165, 1.54) is 12.0 Å². The highest BCUT2D eigenvalue weighted by molar-refractivity contribution is 5.87. The van der Waals surface area contributed by atoms with Crippen molar-refractivity contribution in [2.24, 2.45) is 0 Å².